The zero-order valence-electron chi connectivity index (χ0n) is 10.2. The van der Waals surface area contributed by atoms with Crippen molar-refractivity contribution in [3.05, 3.63) is 52.8 Å². The van der Waals surface area contributed by atoms with Crippen molar-refractivity contribution in [2.24, 2.45) is 0 Å². The Bertz CT molecular complexity index is 581. The highest BCUT2D eigenvalue weighted by atomic mass is 35.5. The van der Waals surface area contributed by atoms with E-state index in [1.54, 1.807) is 12.1 Å². The quantitative estimate of drug-likeness (QED) is 0.911. The SMILES string of the molecule is CCn1cccc1CNc1ccc(C#N)cc1Cl. The van der Waals surface area contributed by atoms with Gasteiger partial charge in [-0.1, -0.05) is 11.6 Å². The van der Waals surface area contributed by atoms with E-state index in [-0.39, 0.29) is 0 Å². The first kappa shape index (κ1) is 12.5. The summed E-state index contributed by atoms with van der Waals surface area (Å²) in [6.07, 6.45) is 2.05. The van der Waals surface area contributed by atoms with E-state index in [1.807, 2.05) is 12.1 Å². The van der Waals surface area contributed by atoms with Crippen molar-refractivity contribution >= 4 is 17.3 Å². The summed E-state index contributed by atoms with van der Waals surface area (Å²) >= 11 is 6.10. The summed E-state index contributed by atoms with van der Waals surface area (Å²) in [7, 11) is 0. The van der Waals surface area contributed by atoms with Crippen LogP contribution in [-0.2, 0) is 13.1 Å². The summed E-state index contributed by atoms with van der Waals surface area (Å²) in [6.45, 7) is 3.77. The Balaban J connectivity index is 2.09. The van der Waals surface area contributed by atoms with E-state index in [9.17, 15) is 0 Å². The normalized spacial score (nSPS) is 10.1. The Hall–Kier alpha value is -1.92. The smallest absolute Gasteiger partial charge is 0.0992 e. The Labute approximate surface area is 112 Å². The van der Waals surface area contributed by atoms with Crippen LogP contribution in [0.15, 0.2) is 36.5 Å². The molecule has 0 aliphatic heterocycles. The predicted octanol–water partition coefficient (Wildman–Crippen LogP) is 3.65. The third kappa shape index (κ3) is 2.66. The second-order valence-electron chi connectivity index (χ2n) is 3.95. The van der Waals surface area contributed by atoms with Gasteiger partial charge in [0.15, 0.2) is 0 Å². The first-order valence-electron chi connectivity index (χ1n) is 5.82. The molecule has 4 heteroatoms. The average Bonchev–Trinajstić information content (AvgIpc) is 2.84. The van der Waals surface area contributed by atoms with E-state index >= 15 is 0 Å². The van der Waals surface area contributed by atoms with E-state index in [4.69, 9.17) is 16.9 Å². The molecule has 0 amide bonds. The van der Waals surface area contributed by atoms with Crippen LogP contribution in [0.3, 0.4) is 0 Å². The van der Waals surface area contributed by atoms with Crippen LogP contribution in [-0.4, -0.2) is 4.57 Å². The van der Waals surface area contributed by atoms with Crippen molar-refractivity contribution in [3.8, 4) is 6.07 Å². The van der Waals surface area contributed by atoms with Crippen LogP contribution in [0.2, 0.25) is 5.02 Å². The minimum atomic E-state index is 0.572. The Morgan fingerprint density at radius 1 is 1.39 bits per heavy atom. The lowest BCUT2D eigenvalue weighted by atomic mass is 10.2. The molecule has 0 saturated heterocycles. The van der Waals surface area contributed by atoms with E-state index in [2.05, 4.69) is 35.1 Å². The number of benzene rings is 1. The first-order chi connectivity index (χ1) is 8.74. The maximum atomic E-state index is 8.77. The molecule has 0 atom stereocenters. The number of hydrogen-bond donors (Lipinski definition) is 1. The fourth-order valence-electron chi connectivity index (χ4n) is 1.83. The molecule has 0 fully saturated rings. The second kappa shape index (κ2) is 5.61. The number of aryl methyl sites for hydroxylation is 1. The van der Waals surface area contributed by atoms with Crippen LogP contribution in [0, 0.1) is 11.3 Å². The van der Waals surface area contributed by atoms with E-state index in [1.165, 1.54) is 5.69 Å². The number of anilines is 1. The third-order valence-corrected chi connectivity index (χ3v) is 3.14. The maximum absolute atomic E-state index is 8.77. The Morgan fingerprint density at radius 3 is 2.89 bits per heavy atom. The molecule has 0 aliphatic carbocycles. The lowest BCUT2D eigenvalue weighted by molar-refractivity contribution is 0.724. The number of halogens is 1. The lowest BCUT2D eigenvalue weighted by Crippen LogP contribution is -2.06. The van der Waals surface area contributed by atoms with Crippen molar-refractivity contribution in [1.82, 2.24) is 4.57 Å². The number of nitrogens with zero attached hydrogens (tertiary/aromatic N) is 2. The van der Waals surface area contributed by atoms with Gasteiger partial charge in [-0.2, -0.15) is 5.26 Å². The Kier molecular flexibility index (Phi) is 3.91. The topological polar surface area (TPSA) is 40.8 Å². The summed E-state index contributed by atoms with van der Waals surface area (Å²) in [5, 5.41) is 12.6. The average molecular weight is 260 g/mol. The summed E-state index contributed by atoms with van der Waals surface area (Å²) in [6, 6.07) is 11.4. The maximum Gasteiger partial charge on any atom is 0.0992 e. The third-order valence-electron chi connectivity index (χ3n) is 2.82. The fourth-order valence-corrected chi connectivity index (χ4v) is 2.08. The molecule has 0 spiro atoms. The van der Waals surface area contributed by atoms with Gasteiger partial charge in [-0.25, -0.2) is 0 Å². The molecule has 1 N–H and O–H groups in total. The minimum Gasteiger partial charge on any atom is -0.378 e. The molecule has 1 heterocycles. The highest BCUT2D eigenvalue weighted by Crippen LogP contribution is 2.23. The monoisotopic (exact) mass is 259 g/mol. The van der Waals surface area contributed by atoms with Crippen molar-refractivity contribution in [2.75, 3.05) is 5.32 Å². The van der Waals surface area contributed by atoms with Crippen molar-refractivity contribution < 1.29 is 0 Å². The lowest BCUT2D eigenvalue weighted by Gasteiger charge is -2.10. The van der Waals surface area contributed by atoms with Gasteiger partial charge in [-0.15, -0.1) is 0 Å². The van der Waals surface area contributed by atoms with Gasteiger partial charge in [0.2, 0.25) is 0 Å². The molecule has 0 radical (unpaired) electrons. The Morgan fingerprint density at radius 2 is 2.22 bits per heavy atom. The molecule has 2 rings (SSSR count). The first-order valence-corrected chi connectivity index (χ1v) is 6.20. The van der Waals surface area contributed by atoms with Crippen molar-refractivity contribution in [2.45, 2.75) is 20.0 Å². The number of aromatic nitrogens is 1. The van der Waals surface area contributed by atoms with Crippen molar-refractivity contribution in [3.63, 3.8) is 0 Å². The summed E-state index contributed by atoms with van der Waals surface area (Å²) in [5.74, 6) is 0. The van der Waals surface area contributed by atoms with Crippen LogP contribution >= 0.6 is 11.6 Å². The fraction of sp³-hybridized carbons (Fsp3) is 0.214. The number of nitriles is 1. The molecule has 0 saturated carbocycles. The van der Waals surface area contributed by atoms with Crippen LogP contribution in [0.1, 0.15) is 18.2 Å². The molecular formula is C14H14ClN3. The molecule has 3 nitrogen and oxygen atoms in total. The van der Waals surface area contributed by atoms with Crippen molar-refractivity contribution in [1.29, 1.82) is 5.26 Å². The van der Waals surface area contributed by atoms with Crippen LogP contribution in [0.5, 0.6) is 0 Å². The zero-order chi connectivity index (χ0) is 13.0. The van der Waals surface area contributed by atoms with E-state index in [0.29, 0.717) is 17.1 Å². The standard InChI is InChI=1S/C14H14ClN3/c1-2-18-7-3-4-12(18)10-17-14-6-5-11(9-16)8-13(14)15/h3-8,17H,2,10H2,1H3. The molecule has 1 aromatic heterocycles. The van der Waals surface area contributed by atoms with Gasteiger partial charge in [0.1, 0.15) is 0 Å². The summed E-state index contributed by atoms with van der Waals surface area (Å²) in [5.41, 5.74) is 2.62. The van der Waals surface area contributed by atoms with Crippen LogP contribution in [0.25, 0.3) is 0 Å². The van der Waals surface area contributed by atoms with Gasteiger partial charge in [-0.05, 0) is 37.3 Å². The number of rotatable bonds is 4. The van der Waals surface area contributed by atoms with Gasteiger partial charge in [-0.3, -0.25) is 0 Å². The second-order valence-corrected chi connectivity index (χ2v) is 4.35. The molecule has 1 aromatic carbocycles. The highest BCUT2D eigenvalue weighted by Gasteiger charge is 2.03. The van der Waals surface area contributed by atoms with Crippen LogP contribution in [0.4, 0.5) is 5.69 Å². The van der Waals surface area contributed by atoms with Gasteiger partial charge in [0, 0.05) is 18.4 Å². The molecule has 2 aromatic rings. The minimum absolute atomic E-state index is 0.572. The molecule has 0 unspecified atom stereocenters. The van der Waals surface area contributed by atoms with Crippen LogP contribution < -0.4 is 5.32 Å². The van der Waals surface area contributed by atoms with Gasteiger partial charge in [0.25, 0.3) is 0 Å². The van der Waals surface area contributed by atoms with E-state index < -0.39 is 0 Å². The molecule has 92 valence electrons. The number of hydrogen-bond acceptors (Lipinski definition) is 2. The van der Waals surface area contributed by atoms with E-state index in [0.717, 1.165) is 12.2 Å². The molecular weight excluding hydrogens is 246 g/mol. The predicted molar refractivity (Wildman–Crippen MR) is 73.6 cm³/mol. The molecule has 18 heavy (non-hydrogen) atoms. The van der Waals surface area contributed by atoms with Gasteiger partial charge in [0.05, 0.1) is 28.9 Å². The molecule has 0 aliphatic rings. The largest absolute Gasteiger partial charge is 0.378 e. The summed E-state index contributed by atoms with van der Waals surface area (Å²) in [4.78, 5) is 0. The summed E-state index contributed by atoms with van der Waals surface area (Å²) < 4.78 is 2.17. The molecule has 0 bridgehead atoms. The zero-order valence-corrected chi connectivity index (χ0v) is 10.9. The van der Waals surface area contributed by atoms with Gasteiger partial charge < -0.3 is 9.88 Å². The number of nitrogens with one attached hydrogen (secondary N) is 1. The highest BCUT2D eigenvalue weighted by molar-refractivity contribution is 6.33. The van der Waals surface area contributed by atoms with Gasteiger partial charge >= 0.3 is 0 Å².